The number of hydrogen-bond donors (Lipinski definition) is 4. The number of fused-ring (bicyclic) bond motifs is 1. The van der Waals surface area contributed by atoms with Crippen molar-refractivity contribution in [2.24, 2.45) is 5.73 Å². The maximum atomic E-state index is 9.42. The summed E-state index contributed by atoms with van der Waals surface area (Å²) < 4.78 is 0. The molecule has 0 aliphatic carbocycles. The number of aliphatic hydroxyl groups excluding tert-OH is 1. The summed E-state index contributed by atoms with van der Waals surface area (Å²) in [7, 11) is 0. The fourth-order valence-corrected chi connectivity index (χ4v) is 1.29. The van der Waals surface area contributed by atoms with Crippen molar-refractivity contribution in [3.8, 4) is 5.75 Å². The quantitative estimate of drug-likeness (QED) is 0.550. The van der Waals surface area contributed by atoms with Gasteiger partial charge in [0.05, 0.1) is 11.0 Å². The van der Waals surface area contributed by atoms with Crippen LogP contribution in [0.25, 0.3) is 11.0 Å². The second kappa shape index (κ2) is 3.28. The van der Waals surface area contributed by atoms with Crippen molar-refractivity contribution in [3.05, 3.63) is 24.0 Å². The number of benzene rings is 1. The Bertz CT molecular complexity index is 452. The molecule has 0 saturated carbocycles. The van der Waals surface area contributed by atoms with Gasteiger partial charge in [0.2, 0.25) is 0 Å². The maximum Gasteiger partial charge on any atom is 0.137 e. The molecular weight excluding hydrogens is 182 g/mol. The number of phenolic OH excluding ortho intramolecular Hbond substituents is 1. The van der Waals surface area contributed by atoms with Crippen molar-refractivity contribution in [1.82, 2.24) is 9.97 Å². The van der Waals surface area contributed by atoms with Crippen molar-refractivity contribution in [2.75, 3.05) is 6.54 Å². The summed E-state index contributed by atoms with van der Waals surface area (Å²) in [5, 5.41) is 18.6. The SMILES string of the molecule is NCC(O)c1nc2ccc(O)cc2[nH]1. The zero-order valence-corrected chi connectivity index (χ0v) is 7.44. The molecule has 0 aliphatic rings. The van der Waals surface area contributed by atoms with Gasteiger partial charge in [0.1, 0.15) is 17.7 Å². The highest BCUT2D eigenvalue weighted by Gasteiger charge is 2.10. The van der Waals surface area contributed by atoms with Gasteiger partial charge < -0.3 is 20.9 Å². The topological polar surface area (TPSA) is 95.2 Å². The first-order chi connectivity index (χ1) is 6.70. The van der Waals surface area contributed by atoms with Crippen LogP contribution in [0.3, 0.4) is 0 Å². The van der Waals surface area contributed by atoms with E-state index in [9.17, 15) is 10.2 Å². The zero-order chi connectivity index (χ0) is 10.1. The molecule has 2 rings (SSSR count). The predicted molar refractivity (Wildman–Crippen MR) is 51.8 cm³/mol. The molecule has 0 spiro atoms. The van der Waals surface area contributed by atoms with Crippen molar-refractivity contribution < 1.29 is 10.2 Å². The van der Waals surface area contributed by atoms with Gasteiger partial charge in [0, 0.05) is 12.6 Å². The van der Waals surface area contributed by atoms with Crippen molar-refractivity contribution in [1.29, 1.82) is 0 Å². The number of rotatable bonds is 2. The number of nitrogens with zero attached hydrogens (tertiary/aromatic N) is 1. The monoisotopic (exact) mass is 193 g/mol. The summed E-state index contributed by atoms with van der Waals surface area (Å²) in [6.07, 6.45) is -0.787. The Labute approximate surface area is 80.2 Å². The summed E-state index contributed by atoms with van der Waals surface area (Å²) in [6.45, 7) is 0.117. The number of aromatic hydroxyl groups is 1. The Hall–Kier alpha value is -1.59. The number of nitrogens with one attached hydrogen (secondary N) is 1. The number of aliphatic hydroxyl groups is 1. The van der Waals surface area contributed by atoms with E-state index in [4.69, 9.17) is 5.73 Å². The lowest BCUT2D eigenvalue weighted by atomic mass is 10.3. The molecule has 0 bridgehead atoms. The Kier molecular flexibility index (Phi) is 2.11. The van der Waals surface area contributed by atoms with Crippen molar-refractivity contribution in [3.63, 3.8) is 0 Å². The number of H-pyrrole nitrogens is 1. The van der Waals surface area contributed by atoms with E-state index in [0.29, 0.717) is 16.9 Å². The van der Waals surface area contributed by atoms with Crippen LogP contribution in [0.5, 0.6) is 5.75 Å². The van der Waals surface area contributed by atoms with Gasteiger partial charge in [-0.25, -0.2) is 4.98 Å². The van der Waals surface area contributed by atoms with E-state index < -0.39 is 6.10 Å². The molecule has 14 heavy (non-hydrogen) atoms. The third kappa shape index (κ3) is 1.43. The first-order valence-electron chi connectivity index (χ1n) is 4.27. The second-order valence-corrected chi connectivity index (χ2v) is 3.07. The van der Waals surface area contributed by atoms with E-state index >= 15 is 0 Å². The van der Waals surface area contributed by atoms with E-state index in [2.05, 4.69) is 9.97 Å². The van der Waals surface area contributed by atoms with E-state index in [1.54, 1.807) is 18.2 Å². The van der Waals surface area contributed by atoms with Gasteiger partial charge in [-0.3, -0.25) is 0 Å². The first-order valence-corrected chi connectivity index (χ1v) is 4.27. The molecule has 1 aromatic carbocycles. The molecule has 1 heterocycles. The number of nitrogens with two attached hydrogens (primary N) is 1. The van der Waals surface area contributed by atoms with Crippen LogP contribution < -0.4 is 5.73 Å². The summed E-state index contributed by atoms with van der Waals surface area (Å²) in [4.78, 5) is 7.01. The molecule has 2 aromatic rings. The largest absolute Gasteiger partial charge is 0.508 e. The first kappa shape index (κ1) is 8.98. The van der Waals surface area contributed by atoms with Crippen molar-refractivity contribution >= 4 is 11.0 Å². The molecule has 0 saturated heterocycles. The average Bonchev–Trinajstić information content (AvgIpc) is 2.59. The van der Waals surface area contributed by atoms with E-state index in [1.165, 1.54) is 0 Å². The Morgan fingerprint density at radius 1 is 1.50 bits per heavy atom. The van der Waals surface area contributed by atoms with Crippen LogP contribution in [-0.4, -0.2) is 26.7 Å². The molecule has 1 atom stereocenters. The Balaban J connectivity index is 2.51. The molecule has 5 N–H and O–H groups in total. The fourth-order valence-electron chi connectivity index (χ4n) is 1.29. The number of aromatic nitrogens is 2. The van der Waals surface area contributed by atoms with Crippen LogP contribution in [-0.2, 0) is 0 Å². The van der Waals surface area contributed by atoms with Crippen molar-refractivity contribution in [2.45, 2.75) is 6.10 Å². The molecule has 0 radical (unpaired) electrons. The molecule has 0 aliphatic heterocycles. The smallest absolute Gasteiger partial charge is 0.137 e. The van der Waals surface area contributed by atoms with Crippen LogP contribution in [0.1, 0.15) is 11.9 Å². The molecule has 0 amide bonds. The molecule has 5 heteroatoms. The lowest BCUT2D eigenvalue weighted by Gasteiger charge is -2.00. The summed E-state index contributed by atoms with van der Waals surface area (Å²) in [5.74, 6) is 0.586. The van der Waals surface area contributed by atoms with Gasteiger partial charge in [0.25, 0.3) is 0 Å². The normalized spacial score (nSPS) is 13.3. The van der Waals surface area contributed by atoms with Crippen LogP contribution in [0.2, 0.25) is 0 Å². The van der Waals surface area contributed by atoms with Crippen LogP contribution in [0.15, 0.2) is 18.2 Å². The summed E-state index contributed by atoms with van der Waals surface area (Å²) in [5.41, 5.74) is 6.68. The third-order valence-electron chi connectivity index (χ3n) is 2.02. The number of imidazole rings is 1. The highest BCUT2D eigenvalue weighted by Crippen LogP contribution is 2.19. The Morgan fingerprint density at radius 3 is 3.00 bits per heavy atom. The van der Waals surface area contributed by atoms with Gasteiger partial charge in [-0.2, -0.15) is 0 Å². The summed E-state index contributed by atoms with van der Waals surface area (Å²) >= 11 is 0. The van der Waals surface area contributed by atoms with Gasteiger partial charge in [-0.05, 0) is 12.1 Å². The van der Waals surface area contributed by atoms with E-state index in [0.717, 1.165) is 0 Å². The Morgan fingerprint density at radius 2 is 2.29 bits per heavy atom. The minimum absolute atomic E-state index is 0.117. The molecule has 5 nitrogen and oxygen atoms in total. The lowest BCUT2D eigenvalue weighted by molar-refractivity contribution is 0.178. The highest BCUT2D eigenvalue weighted by molar-refractivity contribution is 5.76. The standard InChI is InChI=1S/C9H11N3O2/c10-4-8(14)9-11-6-2-1-5(13)3-7(6)12-9/h1-3,8,13-14H,4,10H2,(H,11,12). The highest BCUT2D eigenvalue weighted by atomic mass is 16.3. The maximum absolute atomic E-state index is 9.42. The van der Waals surface area contributed by atoms with Gasteiger partial charge >= 0.3 is 0 Å². The van der Waals surface area contributed by atoms with Crippen LogP contribution in [0, 0.1) is 0 Å². The van der Waals surface area contributed by atoms with Crippen LogP contribution >= 0.6 is 0 Å². The fraction of sp³-hybridized carbons (Fsp3) is 0.222. The molecular formula is C9H11N3O2. The van der Waals surface area contributed by atoms with E-state index in [-0.39, 0.29) is 12.3 Å². The molecule has 1 unspecified atom stereocenters. The van der Waals surface area contributed by atoms with Gasteiger partial charge in [-0.1, -0.05) is 0 Å². The van der Waals surface area contributed by atoms with Gasteiger partial charge in [0.15, 0.2) is 0 Å². The summed E-state index contributed by atoms with van der Waals surface area (Å²) in [6, 6.07) is 4.77. The lowest BCUT2D eigenvalue weighted by Crippen LogP contribution is -2.12. The number of phenols is 1. The van der Waals surface area contributed by atoms with Gasteiger partial charge in [-0.15, -0.1) is 0 Å². The second-order valence-electron chi connectivity index (χ2n) is 3.07. The minimum Gasteiger partial charge on any atom is -0.508 e. The average molecular weight is 193 g/mol. The third-order valence-corrected chi connectivity index (χ3v) is 2.02. The molecule has 74 valence electrons. The molecule has 1 aromatic heterocycles. The molecule has 0 fully saturated rings. The number of hydrogen-bond acceptors (Lipinski definition) is 4. The zero-order valence-electron chi connectivity index (χ0n) is 7.44. The van der Waals surface area contributed by atoms with E-state index in [1.807, 2.05) is 0 Å². The number of aromatic amines is 1. The minimum atomic E-state index is -0.787. The predicted octanol–water partition coefficient (Wildman–Crippen LogP) is 0.261. The van der Waals surface area contributed by atoms with Crippen LogP contribution in [0.4, 0.5) is 0 Å².